The topological polar surface area (TPSA) is 53.1 Å². The highest BCUT2D eigenvalue weighted by molar-refractivity contribution is 5.13. The van der Waals surface area contributed by atoms with Gasteiger partial charge in [0.2, 0.25) is 0 Å². The Hall–Kier alpha value is -1.65. The minimum Gasteiger partial charge on any atom is -0.375 e. The predicted octanol–water partition coefficient (Wildman–Crippen LogP) is 1.56. The average molecular weight is 231 g/mol. The van der Waals surface area contributed by atoms with Crippen molar-refractivity contribution in [1.29, 1.82) is 0 Å². The summed E-state index contributed by atoms with van der Waals surface area (Å²) >= 11 is 0. The number of rotatable bonds is 6. The molecule has 0 unspecified atom stereocenters. The normalized spacial score (nSPS) is 10.6. The van der Waals surface area contributed by atoms with E-state index in [1.165, 1.54) is 5.56 Å². The van der Waals surface area contributed by atoms with Crippen molar-refractivity contribution in [2.24, 2.45) is 5.73 Å². The molecule has 90 valence electrons. The summed E-state index contributed by atoms with van der Waals surface area (Å²) in [4.78, 5) is 0. The lowest BCUT2D eigenvalue weighted by Crippen LogP contribution is -2.07. The third kappa shape index (κ3) is 3.69. The number of benzene rings is 1. The maximum Gasteiger partial charge on any atom is 0.0760 e. The van der Waals surface area contributed by atoms with Crippen molar-refractivity contribution in [2.45, 2.75) is 19.7 Å². The van der Waals surface area contributed by atoms with Gasteiger partial charge in [0, 0.05) is 12.7 Å². The lowest BCUT2D eigenvalue weighted by Gasteiger charge is -2.04. The summed E-state index contributed by atoms with van der Waals surface area (Å²) in [5.74, 6) is 0. The summed E-state index contributed by atoms with van der Waals surface area (Å²) in [6.07, 6.45) is 1.92. The largest absolute Gasteiger partial charge is 0.375 e. The molecule has 0 aliphatic heterocycles. The minimum atomic E-state index is 0.484. The van der Waals surface area contributed by atoms with Gasteiger partial charge in [0.05, 0.1) is 25.5 Å². The summed E-state index contributed by atoms with van der Waals surface area (Å²) in [7, 11) is 0. The maximum atomic E-state index is 5.57. The Morgan fingerprint density at radius 1 is 1.18 bits per heavy atom. The fraction of sp³-hybridized carbons (Fsp3) is 0.308. The van der Waals surface area contributed by atoms with Crippen LogP contribution < -0.4 is 5.73 Å². The van der Waals surface area contributed by atoms with Crippen molar-refractivity contribution in [1.82, 2.24) is 9.78 Å². The Balaban J connectivity index is 1.69. The molecule has 0 amide bonds. The molecule has 0 bridgehead atoms. The molecule has 0 aliphatic carbocycles. The Labute approximate surface area is 101 Å². The van der Waals surface area contributed by atoms with Crippen molar-refractivity contribution in [3.63, 3.8) is 0 Å². The molecule has 0 spiro atoms. The van der Waals surface area contributed by atoms with Gasteiger partial charge in [-0.1, -0.05) is 30.3 Å². The second kappa shape index (κ2) is 6.18. The number of hydrogen-bond acceptors (Lipinski definition) is 3. The molecule has 1 aromatic carbocycles. The Bertz CT molecular complexity index is 439. The van der Waals surface area contributed by atoms with Gasteiger partial charge in [-0.15, -0.1) is 0 Å². The molecule has 0 saturated carbocycles. The summed E-state index contributed by atoms with van der Waals surface area (Å²) in [5, 5.41) is 4.28. The van der Waals surface area contributed by atoms with Crippen molar-refractivity contribution in [2.75, 3.05) is 6.61 Å². The van der Waals surface area contributed by atoms with Crippen LogP contribution in [0.3, 0.4) is 0 Å². The van der Waals surface area contributed by atoms with Gasteiger partial charge in [0.25, 0.3) is 0 Å². The highest BCUT2D eigenvalue weighted by atomic mass is 16.5. The van der Waals surface area contributed by atoms with Crippen molar-refractivity contribution in [3.8, 4) is 0 Å². The first-order valence-corrected chi connectivity index (χ1v) is 5.72. The average Bonchev–Trinajstić information content (AvgIpc) is 2.84. The first-order valence-electron chi connectivity index (χ1n) is 5.72. The Kier molecular flexibility index (Phi) is 4.30. The molecule has 2 N–H and O–H groups in total. The number of nitrogens with two attached hydrogens (primary N) is 1. The van der Waals surface area contributed by atoms with E-state index >= 15 is 0 Å². The molecule has 2 rings (SSSR count). The van der Waals surface area contributed by atoms with Crippen LogP contribution in [0.4, 0.5) is 0 Å². The quantitative estimate of drug-likeness (QED) is 0.768. The molecule has 0 fully saturated rings. The number of nitrogens with zero attached hydrogens (tertiary/aromatic N) is 2. The maximum absolute atomic E-state index is 5.57. The number of aromatic nitrogens is 2. The zero-order valence-electron chi connectivity index (χ0n) is 9.75. The Morgan fingerprint density at radius 2 is 2.00 bits per heavy atom. The summed E-state index contributed by atoms with van der Waals surface area (Å²) in [6, 6.07) is 12.1. The summed E-state index contributed by atoms with van der Waals surface area (Å²) in [5.41, 5.74) is 7.59. The van der Waals surface area contributed by atoms with Gasteiger partial charge in [0.15, 0.2) is 0 Å². The molecule has 4 nitrogen and oxygen atoms in total. The van der Waals surface area contributed by atoms with Crippen LogP contribution >= 0.6 is 0 Å². The highest BCUT2D eigenvalue weighted by Crippen LogP contribution is 2.00. The Morgan fingerprint density at radius 3 is 2.71 bits per heavy atom. The van der Waals surface area contributed by atoms with E-state index in [1.54, 1.807) is 0 Å². The van der Waals surface area contributed by atoms with Crippen LogP contribution in [0.2, 0.25) is 0 Å². The molecule has 17 heavy (non-hydrogen) atoms. The molecule has 0 saturated heterocycles. The summed E-state index contributed by atoms with van der Waals surface area (Å²) in [6.45, 7) is 2.54. The monoisotopic (exact) mass is 231 g/mol. The van der Waals surface area contributed by atoms with Crippen LogP contribution in [0.1, 0.15) is 11.3 Å². The lowest BCUT2D eigenvalue weighted by atomic mass is 10.2. The van der Waals surface area contributed by atoms with Gasteiger partial charge in [-0.3, -0.25) is 4.68 Å². The highest BCUT2D eigenvalue weighted by Gasteiger charge is 1.97. The van der Waals surface area contributed by atoms with E-state index in [1.807, 2.05) is 35.1 Å². The van der Waals surface area contributed by atoms with Crippen LogP contribution in [-0.2, 0) is 24.4 Å². The van der Waals surface area contributed by atoms with Crippen LogP contribution in [0.15, 0.2) is 42.6 Å². The van der Waals surface area contributed by atoms with Gasteiger partial charge in [-0.25, -0.2) is 0 Å². The molecule has 4 heteroatoms. The first kappa shape index (κ1) is 11.8. The fourth-order valence-electron chi connectivity index (χ4n) is 1.56. The molecule has 0 radical (unpaired) electrons. The third-order valence-electron chi connectivity index (χ3n) is 2.48. The van der Waals surface area contributed by atoms with Crippen molar-refractivity contribution < 1.29 is 4.74 Å². The number of ether oxygens (including phenoxy) is 1. The standard InChI is InChI=1S/C13H17N3O/c14-10-13-6-7-16(15-13)8-9-17-11-12-4-2-1-3-5-12/h1-7H,8-11,14H2. The van der Waals surface area contributed by atoms with Gasteiger partial charge in [0.1, 0.15) is 0 Å². The van der Waals surface area contributed by atoms with Gasteiger partial charge >= 0.3 is 0 Å². The van der Waals surface area contributed by atoms with Crippen LogP contribution in [0.25, 0.3) is 0 Å². The molecule has 0 aliphatic rings. The van der Waals surface area contributed by atoms with E-state index < -0.39 is 0 Å². The minimum absolute atomic E-state index is 0.484. The van der Waals surface area contributed by atoms with Gasteiger partial charge in [-0.05, 0) is 11.6 Å². The van der Waals surface area contributed by atoms with E-state index in [0.29, 0.717) is 19.8 Å². The van der Waals surface area contributed by atoms with E-state index in [9.17, 15) is 0 Å². The van der Waals surface area contributed by atoms with Gasteiger partial charge in [-0.2, -0.15) is 5.10 Å². The van der Waals surface area contributed by atoms with Crippen molar-refractivity contribution >= 4 is 0 Å². The molecule has 1 aromatic heterocycles. The van der Waals surface area contributed by atoms with E-state index in [-0.39, 0.29) is 0 Å². The molecular formula is C13H17N3O. The lowest BCUT2D eigenvalue weighted by molar-refractivity contribution is 0.111. The van der Waals surface area contributed by atoms with Crippen LogP contribution in [-0.4, -0.2) is 16.4 Å². The van der Waals surface area contributed by atoms with Crippen LogP contribution in [0.5, 0.6) is 0 Å². The molecular weight excluding hydrogens is 214 g/mol. The predicted molar refractivity (Wildman–Crippen MR) is 66.2 cm³/mol. The smallest absolute Gasteiger partial charge is 0.0760 e. The third-order valence-corrected chi connectivity index (χ3v) is 2.48. The first-order chi connectivity index (χ1) is 8.38. The zero-order valence-corrected chi connectivity index (χ0v) is 9.75. The second-order valence-electron chi connectivity index (χ2n) is 3.81. The zero-order chi connectivity index (χ0) is 11.9. The van der Waals surface area contributed by atoms with Crippen molar-refractivity contribution in [3.05, 3.63) is 53.9 Å². The molecule has 1 heterocycles. The SMILES string of the molecule is NCc1ccn(CCOCc2ccccc2)n1. The van der Waals surface area contributed by atoms with Gasteiger partial charge < -0.3 is 10.5 Å². The summed E-state index contributed by atoms with van der Waals surface area (Å²) < 4.78 is 7.43. The molecule has 2 aromatic rings. The van der Waals surface area contributed by atoms with Crippen LogP contribution in [0, 0.1) is 0 Å². The van der Waals surface area contributed by atoms with E-state index in [2.05, 4.69) is 17.2 Å². The number of hydrogen-bond donors (Lipinski definition) is 1. The second-order valence-corrected chi connectivity index (χ2v) is 3.81. The van der Waals surface area contributed by atoms with E-state index in [0.717, 1.165) is 12.2 Å². The molecule has 0 atom stereocenters. The fourth-order valence-corrected chi connectivity index (χ4v) is 1.56. The van der Waals surface area contributed by atoms with E-state index in [4.69, 9.17) is 10.5 Å².